The van der Waals surface area contributed by atoms with Crippen LogP contribution in [-0.2, 0) is 7.05 Å². The molecule has 128 valence electrons. The van der Waals surface area contributed by atoms with Gasteiger partial charge in [0, 0.05) is 51.7 Å². The van der Waals surface area contributed by atoms with Gasteiger partial charge in [0.2, 0.25) is 0 Å². The second-order valence-electron chi connectivity index (χ2n) is 5.73. The minimum atomic E-state index is -0.420. The number of rotatable bonds is 6. The molecule has 0 radical (unpaired) electrons. The fraction of sp³-hybridized carbons (Fsp3) is 0.438. The van der Waals surface area contributed by atoms with E-state index in [0.29, 0.717) is 18.9 Å². The molecule has 1 aromatic carbocycles. The highest BCUT2D eigenvalue weighted by Gasteiger charge is 2.26. The predicted octanol–water partition coefficient (Wildman–Crippen LogP) is 1.35. The van der Waals surface area contributed by atoms with Crippen molar-refractivity contribution in [3.63, 3.8) is 0 Å². The largest absolute Gasteiger partial charge is 0.485 e. The number of piperazine rings is 1. The van der Waals surface area contributed by atoms with E-state index in [4.69, 9.17) is 4.74 Å². The minimum Gasteiger partial charge on any atom is -0.485 e. The molecule has 1 N–H and O–H groups in total. The van der Waals surface area contributed by atoms with Crippen LogP contribution in [0.15, 0.2) is 36.7 Å². The number of ether oxygens (including phenoxy) is 1. The topological polar surface area (TPSA) is 85.5 Å². The molecule has 8 nitrogen and oxygen atoms in total. The Morgan fingerprint density at radius 3 is 3.04 bits per heavy atom. The minimum absolute atomic E-state index is 0.00142. The number of nitro benzene ring substituents is 1. The van der Waals surface area contributed by atoms with Crippen molar-refractivity contribution in [2.45, 2.75) is 6.04 Å². The highest BCUT2D eigenvalue weighted by molar-refractivity contribution is 5.45. The van der Waals surface area contributed by atoms with E-state index in [2.05, 4.69) is 15.2 Å². The third-order valence-electron chi connectivity index (χ3n) is 4.21. The molecule has 8 heteroatoms. The molecule has 1 unspecified atom stereocenters. The summed E-state index contributed by atoms with van der Waals surface area (Å²) in [7, 11) is 1.99. The SMILES string of the molecule is Cn1ccnc1C1CNCCN1CCOc1ccccc1[N+](=O)[O-]. The number of imidazole rings is 1. The van der Waals surface area contributed by atoms with Crippen LogP contribution in [0.3, 0.4) is 0 Å². The Balaban J connectivity index is 1.63. The second kappa shape index (κ2) is 7.41. The van der Waals surface area contributed by atoms with E-state index < -0.39 is 4.92 Å². The molecule has 3 rings (SSSR count). The summed E-state index contributed by atoms with van der Waals surface area (Å²) >= 11 is 0. The maximum atomic E-state index is 11.0. The number of nitrogens with one attached hydrogen (secondary N) is 1. The summed E-state index contributed by atoms with van der Waals surface area (Å²) in [6.45, 7) is 3.71. The van der Waals surface area contributed by atoms with Crippen molar-refractivity contribution in [3.05, 3.63) is 52.6 Å². The van der Waals surface area contributed by atoms with Gasteiger partial charge in [-0.2, -0.15) is 0 Å². The van der Waals surface area contributed by atoms with Crippen molar-refractivity contribution in [2.75, 3.05) is 32.8 Å². The van der Waals surface area contributed by atoms with Gasteiger partial charge in [0.15, 0.2) is 5.75 Å². The highest BCUT2D eigenvalue weighted by atomic mass is 16.6. The van der Waals surface area contributed by atoms with Gasteiger partial charge in [0.1, 0.15) is 12.4 Å². The molecule has 0 amide bonds. The van der Waals surface area contributed by atoms with Gasteiger partial charge in [-0.05, 0) is 6.07 Å². The summed E-state index contributed by atoms with van der Waals surface area (Å²) in [5, 5.41) is 14.4. The van der Waals surface area contributed by atoms with E-state index in [1.807, 2.05) is 17.8 Å². The average Bonchev–Trinajstić information content (AvgIpc) is 3.01. The summed E-state index contributed by atoms with van der Waals surface area (Å²) in [6, 6.07) is 6.64. The molecular weight excluding hydrogens is 310 g/mol. The molecule has 0 saturated carbocycles. The normalized spacial score (nSPS) is 18.5. The first-order valence-electron chi connectivity index (χ1n) is 7.95. The monoisotopic (exact) mass is 331 g/mol. The molecule has 0 spiro atoms. The average molecular weight is 331 g/mol. The maximum absolute atomic E-state index is 11.0. The molecule has 1 saturated heterocycles. The third kappa shape index (κ3) is 3.55. The van der Waals surface area contributed by atoms with Gasteiger partial charge in [-0.25, -0.2) is 4.98 Å². The zero-order valence-corrected chi connectivity index (χ0v) is 13.6. The first kappa shape index (κ1) is 16.4. The summed E-state index contributed by atoms with van der Waals surface area (Å²) in [5.41, 5.74) is -0.00142. The maximum Gasteiger partial charge on any atom is 0.310 e. The third-order valence-corrected chi connectivity index (χ3v) is 4.21. The van der Waals surface area contributed by atoms with E-state index in [1.54, 1.807) is 24.4 Å². The van der Waals surface area contributed by atoms with Crippen LogP contribution < -0.4 is 10.1 Å². The Morgan fingerprint density at radius 2 is 2.29 bits per heavy atom. The molecular formula is C16H21N5O3. The fourth-order valence-electron chi connectivity index (χ4n) is 2.97. The van der Waals surface area contributed by atoms with Crippen molar-refractivity contribution >= 4 is 5.69 Å². The van der Waals surface area contributed by atoms with Gasteiger partial charge in [0.25, 0.3) is 0 Å². The van der Waals surface area contributed by atoms with Gasteiger partial charge in [-0.15, -0.1) is 0 Å². The van der Waals surface area contributed by atoms with Gasteiger partial charge >= 0.3 is 5.69 Å². The van der Waals surface area contributed by atoms with E-state index in [0.717, 1.165) is 25.5 Å². The lowest BCUT2D eigenvalue weighted by Gasteiger charge is -2.35. The van der Waals surface area contributed by atoms with Crippen molar-refractivity contribution in [1.29, 1.82) is 0 Å². The standard InChI is InChI=1S/C16H21N5O3/c1-19-8-7-18-16(19)14-12-17-6-9-20(14)10-11-24-15-5-3-2-4-13(15)21(22)23/h2-5,7-8,14,17H,6,9-12H2,1H3. The first-order valence-corrected chi connectivity index (χ1v) is 7.95. The summed E-state index contributed by atoms with van der Waals surface area (Å²) in [4.78, 5) is 17.4. The lowest BCUT2D eigenvalue weighted by molar-refractivity contribution is -0.385. The molecule has 2 heterocycles. The zero-order chi connectivity index (χ0) is 16.9. The fourth-order valence-corrected chi connectivity index (χ4v) is 2.97. The molecule has 1 aromatic heterocycles. The van der Waals surface area contributed by atoms with Crippen LogP contribution in [0.4, 0.5) is 5.69 Å². The van der Waals surface area contributed by atoms with Crippen LogP contribution >= 0.6 is 0 Å². The number of nitrogens with zero attached hydrogens (tertiary/aromatic N) is 4. The van der Waals surface area contributed by atoms with Crippen molar-refractivity contribution in [3.8, 4) is 5.75 Å². The van der Waals surface area contributed by atoms with E-state index >= 15 is 0 Å². The van der Waals surface area contributed by atoms with E-state index in [-0.39, 0.29) is 11.7 Å². The van der Waals surface area contributed by atoms with E-state index in [1.165, 1.54) is 6.07 Å². The van der Waals surface area contributed by atoms with Crippen molar-refractivity contribution in [1.82, 2.24) is 19.8 Å². The number of nitro groups is 1. The Bertz CT molecular complexity index is 703. The van der Waals surface area contributed by atoms with Crippen LogP contribution in [0.1, 0.15) is 11.9 Å². The van der Waals surface area contributed by atoms with Crippen LogP contribution in [-0.4, -0.2) is 52.2 Å². The lowest BCUT2D eigenvalue weighted by atomic mass is 10.2. The smallest absolute Gasteiger partial charge is 0.310 e. The molecule has 0 aliphatic carbocycles. The predicted molar refractivity (Wildman–Crippen MR) is 89.0 cm³/mol. The summed E-state index contributed by atoms with van der Waals surface area (Å²) < 4.78 is 7.69. The Labute approximate surface area is 140 Å². The van der Waals surface area contributed by atoms with Gasteiger partial charge in [-0.3, -0.25) is 15.0 Å². The molecule has 2 aromatic rings. The van der Waals surface area contributed by atoms with Gasteiger partial charge < -0.3 is 14.6 Å². The molecule has 1 fully saturated rings. The molecule has 0 bridgehead atoms. The molecule has 1 atom stereocenters. The van der Waals surface area contributed by atoms with Crippen LogP contribution in [0.25, 0.3) is 0 Å². The number of hydrogen-bond donors (Lipinski definition) is 1. The second-order valence-corrected chi connectivity index (χ2v) is 5.73. The quantitative estimate of drug-likeness (QED) is 0.635. The van der Waals surface area contributed by atoms with Crippen LogP contribution in [0, 0.1) is 10.1 Å². The van der Waals surface area contributed by atoms with Gasteiger partial charge in [-0.1, -0.05) is 12.1 Å². The lowest BCUT2D eigenvalue weighted by Crippen LogP contribution is -2.48. The van der Waals surface area contributed by atoms with E-state index in [9.17, 15) is 10.1 Å². The molecule has 1 aliphatic rings. The highest BCUT2D eigenvalue weighted by Crippen LogP contribution is 2.26. The first-order chi connectivity index (χ1) is 11.7. The number of para-hydroxylation sites is 2. The van der Waals surface area contributed by atoms with Crippen molar-refractivity contribution in [2.24, 2.45) is 7.05 Å². The molecule has 1 aliphatic heterocycles. The molecule has 24 heavy (non-hydrogen) atoms. The number of hydrogen-bond acceptors (Lipinski definition) is 6. The summed E-state index contributed by atoms with van der Waals surface area (Å²) in [6.07, 6.45) is 3.73. The Morgan fingerprint density at radius 1 is 1.46 bits per heavy atom. The summed E-state index contributed by atoms with van der Waals surface area (Å²) in [5.74, 6) is 1.32. The number of benzene rings is 1. The Hall–Kier alpha value is -2.45. The van der Waals surface area contributed by atoms with Crippen LogP contribution in [0.5, 0.6) is 5.75 Å². The van der Waals surface area contributed by atoms with Crippen LogP contribution in [0.2, 0.25) is 0 Å². The number of aryl methyl sites for hydroxylation is 1. The zero-order valence-electron chi connectivity index (χ0n) is 13.6. The van der Waals surface area contributed by atoms with Crippen molar-refractivity contribution < 1.29 is 9.66 Å². The Kier molecular flexibility index (Phi) is 5.07. The number of aromatic nitrogens is 2. The van der Waals surface area contributed by atoms with Gasteiger partial charge in [0.05, 0.1) is 11.0 Å².